The molecular formula is C51H98O6. The highest BCUT2D eigenvalue weighted by Gasteiger charge is 2.19. The molecule has 0 fully saturated rings. The highest BCUT2D eigenvalue weighted by molar-refractivity contribution is 5.71. The zero-order valence-corrected chi connectivity index (χ0v) is 39.0. The minimum Gasteiger partial charge on any atom is -0.462 e. The highest BCUT2D eigenvalue weighted by Crippen LogP contribution is 2.18. The van der Waals surface area contributed by atoms with Crippen LogP contribution in [0.25, 0.3) is 0 Å². The van der Waals surface area contributed by atoms with E-state index in [1.54, 1.807) is 0 Å². The number of carbonyl (C=O) groups is 3. The molecule has 0 N–H and O–H groups in total. The summed E-state index contributed by atoms with van der Waals surface area (Å²) in [6.07, 6.45) is 43.7. The van der Waals surface area contributed by atoms with E-state index in [0.717, 1.165) is 69.6 Å². The number of carbonyl (C=O) groups excluding carboxylic acids is 3. The van der Waals surface area contributed by atoms with Gasteiger partial charge in [-0.05, 0) is 31.1 Å². The SMILES string of the molecule is CCCCCCCCCCCCCC(=O)O[C@@H](COC(=O)CCCCCCCCCCCCCCCCC(C)CC)COC(=O)CCCCCCCCC(C)CC. The topological polar surface area (TPSA) is 78.9 Å². The van der Waals surface area contributed by atoms with E-state index in [9.17, 15) is 14.4 Å². The lowest BCUT2D eigenvalue weighted by molar-refractivity contribution is -0.167. The van der Waals surface area contributed by atoms with Crippen molar-refractivity contribution in [1.82, 2.24) is 0 Å². The first-order valence-electron chi connectivity index (χ1n) is 25.3. The molecule has 0 rings (SSSR count). The monoisotopic (exact) mass is 807 g/mol. The van der Waals surface area contributed by atoms with E-state index in [4.69, 9.17) is 14.2 Å². The summed E-state index contributed by atoms with van der Waals surface area (Å²) < 4.78 is 16.8. The maximum Gasteiger partial charge on any atom is 0.306 e. The van der Waals surface area contributed by atoms with E-state index in [2.05, 4.69) is 34.6 Å². The third kappa shape index (κ3) is 42.3. The van der Waals surface area contributed by atoms with Crippen LogP contribution in [0.4, 0.5) is 0 Å². The summed E-state index contributed by atoms with van der Waals surface area (Å²) >= 11 is 0. The van der Waals surface area contributed by atoms with Crippen molar-refractivity contribution < 1.29 is 28.6 Å². The van der Waals surface area contributed by atoms with Gasteiger partial charge in [0.25, 0.3) is 0 Å². The largest absolute Gasteiger partial charge is 0.462 e. The van der Waals surface area contributed by atoms with Crippen LogP contribution in [-0.2, 0) is 28.6 Å². The van der Waals surface area contributed by atoms with Crippen LogP contribution in [-0.4, -0.2) is 37.2 Å². The molecule has 3 atom stereocenters. The Morgan fingerprint density at radius 3 is 0.912 bits per heavy atom. The Bertz CT molecular complexity index is 874. The predicted octanol–water partition coefficient (Wildman–Crippen LogP) is 16.1. The van der Waals surface area contributed by atoms with Crippen molar-refractivity contribution in [3.63, 3.8) is 0 Å². The second kappa shape index (κ2) is 44.0. The number of ether oxygens (including phenoxy) is 3. The molecule has 0 aromatic heterocycles. The molecule has 2 unspecified atom stereocenters. The molecule has 0 bridgehead atoms. The van der Waals surface area contributed by atoms with Crippen molar-refractivity contribution in [3.05, 3.63) is 0 Å². The Labute approximate surface area is 355 Å². The van der Waals surface area contributed by atoms with Crippen molar-refractivity contribution >= 4 is 17.9 Å². The van der Waals surface area contributed by atoms with Gasteiger partial charge >= 0.3 is 17.9 Å². The van der Waals surface area contributed by atoms with Gasteiger partial charge in [0.15, 0.2) is 6.10 Å². The first-order chi connectivity index (χ1) is 27.8. The summed E-state index contributed by atoms with van der Waals surface area (Å²) in [5, 5.41) is 0. The summed E-state index contributed by atoms with van der Waals surface area (Å²) in [4.78, 5) is 37.8. The van der Waals surface area contributed by atoms with E-state index in [-0.39, 0.29) is 31.1 Å². The Hall–Kier alpha value is -1.59. The molecule has 0 aliphatic rings. The van der Waals surface area contributed by atoms with Crippen LogP contribution in [0, 0.1) is 11.8 Å². The molecule has 0 spiro atoms. The molecular weight excluding hydrogens is 709 g/mol. The van der Waals surface area contributed by atoms with E-state index in [1.165, 1.54) is 167 Å². The molecule has 57 heavy (non-hydrogen) atoms. The van der Waals surface area contributed by atoms with Crippen LogP contribution in [0.2, 0.25) is 0 Å². The van der Waals surface area contributed by atoms with Gasteiger partial charge < -0.3 is 14.2 Å². The van der Waals surface area contributed by atoms with Gasteiger partial charge in [-0.2, -0.15) is 0 Å². The summed E-state index contributed by atoms with van der Waals surface area (Å²) in [5.74, 6) is 0.856. The quantitative estimate of drug-likeness (QED) is 0.0346. The second-order valence-corrected chi connectivity index (χ2v) is 17.9. The van der Waals surface area contributed by atoms with E-state index in [0.29, 0.717) is 19.3 Å². The number of rotatable bonds is 45. The van der Waals surface area contributed by atoms with Gasteiger partial charge in [-0.25, -0.2) is 0 Å². The first-order valence-corrected chi connectivity index (χ1v) is 25.3. The van der Waals surface area contributed by atoms with Crippen molar-refractivity contribution in [3.8, 4) is 0 Å². The molecule has 0 aliphatic carbocycles. The minimum atomic E-state index is -0.761. The average molecular weight is 807 g/mol. The molecule has 0 amide bonds. The first kappa shape index (κ1) is 55.4. The highest BCUT2D eigenvalue weighted by atomic mass is 16.6. The van der Waals surface area contributed by atoms with Crippen molar-refractivity contribution in [2.24, 2.45) is 11.8 Å². The van der Waals surface area contributed by atoms with Gasteiger partial charge in [-0.3, -0.25) is 14.4 Å². The molecule has 6 heteroatoms. The summed E-state index contributed by atoms with van der Waals surface area (Å²) in [7, 11) is 0. The summed E-state index contributed by atoms with van der Waals surface area (Å²) in [6.45, 7) is 11.4. The fourth-order valence-electron chi connectivity index (χ4n) is 7.57. The maximum absolute atomic E-state index is 12.7. The van der Waals surface area contributed by atoms with E-state index in [1.807, 2.05) is 0 Å². The molecule has 0 radical (unpaired) electrons. The fraction of sp³-hybridized carbons (Fsp3) is 0.941. The van der Waals surface area contributed by atoms with Gasteiger partial charge in [0, 0.05) is 19.3 Å². The van der Waals surface area contributed by atoms with Crippen LogP contribution in [0.3, 0.4) is 0 Å². The Kier molecular flexibility index (Phi) is 42.7. The van der Waals surface area contributed by atoms with Gasteiger partial charge in [0.1, 0.15) is 13.2 Å². The fourth-order valence-corrected chi connectivity index (χ4v) is 7.57. The predicted molar refractivity (Wildman–Crippen MR) is 243 cm³/mol. The third-order valence-electron chi connectivity index (χ3n) is 12.2. The van der Waals surface area contributed by atoms with Crippen molar-refractivity contribution in [2.45, 2.75) is 285 Å². The summed E-state index contributed by atoms with van der Waals surface area (Å²) in [6, 6.07) is 0. The van der Waals surface area contributed by atoms with Crippen LogP contribution < -0.4 is 0 Å². The Morgan fingerprint density at radius 1 is 0.351 bits per heavy atom. The van der Waals surface area contributed by atoms with E-state index >= 15 is 0 Å². The average Bonchev–Trinajstić information content (AvgIpc) is 3.21. The number of hydrogen-bond acceptors (Lipinski definition) is 6. The number of unbranched alkanes of at least 4 members (excludes halogenated alkanes) is 28. The molecule has 0 aromatic carbocycles. The van der Waals surface area contributed by atoms with Gasteiger partial charge in [-0.15, -0.1) is 0 Å². The Balaban J connectivity index is 4.26. The van der Waals surface area contributed by atoms with Crippen LogP contribution >= 0.6 is 0 Å². The lowest BCUT2D eigenvalue weighted by Crippen LogP contribution is -2.30. The molecule has 0 aromatic rings. The van der Waals surface area contributed by atoms with E-state index < -0.39 is 6.10 Å². The Morgan fingerprint density at radius 2 is 0.614 bits per heavy atom. The lowest BCUT2D eigenvalue weighted by atomic mass is 9.99. The zero-order valence-electron chi connectivity index (χ0n) is 39.0. The smallest absolute Gasteiger partial charge is 0.306 e. The summed E-state index contributed by atoms with van der Waals surface area (Å²) in [5.41, 5.74) is 0. The molecule has 0 saturated heterocycles. The molecule has 0 heterocycles. The zero-order chi connectivity index (χ0) is 41.9. The van der Waals surface area contributed by atoms with Crippen LogP contribution in [0.1, 0.15) is 279 Å². The van der Waals surface area contributed by atoms with Crippen LogP contribution in [0.15, 0.2) is 0 Å². The second-order valence-electron chi connectivity index (χ2n) is 17.9. The van der Waals surface area contributed by atoms with Gasteiger partial charge in [-0.1, -0.05) is 240 Å². The molecule has 0 aliphatic heterocycles. The van der Waals surface area contributed by atoms with Crippen LogP contribution in [0.5, 0.6) is 0 Å². The van der Waals surface area contributed by atoms with Crippen molar-refractivity contribution in [1.29, 1.82) is 0 Å². The number of hydrogen-bond donors (Lipinski definition) is 0. The maximum atomic E-state index is 12.7. The third-order valence-corrected chi connectivity index (χ3v) is 12.2. The minimum absolute atomic E-state index is 0.0645. The van der Waals surface area contributed by atoms with Gasteiger partial charge in [0.2, 0.25) is 0 Å². The lowest BCUT2D eigenvalue weighted by Gasteiger charge is -2.18. The normalized spacial score (nSPS) is 13.0. The molecule has 338 valence electrons. The number of esters is 3. The van der Waals surface area contributed by atoms with Crippen molar-refractivity contribution in [2.75, 3.05) is 13.2 Å². The molecule has 6 nitrogen and oxygen atoms in total. The standard InChI is InChI=1S/C51H98O6/c1-6-9-10-11-12-13-18-23-26-33-38-43-51(54)57-48(45-56-50(53)42-37-32-28-27-30-35-40-47(5)8-3)44-55-49(52)41-36-31-25-22-20-17-15-14-16-19-21-24-29-34-39-46(4)7-2/h46-48H,6-45H2,1-5H3/t46?,47?,48-/m0/s1. The molecule has 0 saturated carbocycles. The van der Waals surface area contributed by atoms with Gasteiger partial charge in [0.05, 0.1) is 0 Å².